The number of H-pyrrole nitrogens is 1. The monoisotopic (exact) mass is 302 g/mol. The number of aromatic amines is 1. The van der Waals surface area contributed by atoms with Gasteiger partial charge in [-0.3, -0.25) is 10.1 Å². The maximum atomic E-state index is 4.68. The number of rotatable bonds is 4. The Hall–Kier alpha value is -3.41. The number of aromatic nitrogens is 4. The predicted octanol–water partition coefficient (Wildman–Crippen LogP) is 3.84. The summed E-state index contributed by atoms with van der Waals surface area (Å²) in [7, 11) is 0. The summed E-state index contributed by atoms with van der Waals surface area (Å²) in [5, 5.41) is 15.5. The molecule has 6 nitrogen and oxygen atoms in total. The van der Waals surface area contributed by atoms with Crippen molar-refractivity contribution in [3.63, 3.8) is 0 Å². The van der Waals surface area contributed by atoms with Crippen LogP contribution in [0.1, 0.15) is 0 Å². The van der Waals surface area contributed by atoms with Gasteiger partial charge in [-0.1, -0.05) is 24.3 Å². The Morgan fingerprint density at radius 1 is 0.870 bits per heavy atom. The van der Waals surface area contributed by atoms with Crippen molar-refractivity contribution in [1.29, 1.82) is 0 Å². The number of nitrogens with one attached hydrogen (secondary N) is 3. The van der Waals surface area contributed by atoms with Crippen LogP contribution >= 0.6 is 0 Å². The second kappa shape index (κ2) is 5.76. The van der Waals surface area contributed by atoms with Gasteiger partial charge in [-0.15, -0.1) is 0 Å². The Morgan fingerprint density at radius 2 is 1.74 bits per heavy atom. The van der Waals surface area contributed by atoms with E-state index in [9.17, 15) is 0 Å². The molecule has 0 aliphatic heterocycles. The fourth-order valence-electron chi connectivity index (χ4n) is 2.39. The largest absolute Gasteiger partial charge is 0.340 e. The first-order valence-corrected chi connectivity index (χ1v) is 7.22. The van der Waals surface area contributed by atoms with Gasteiger partial charge in [-0.05, 0) is 23.6 Å². The van der Waals surface area contributed by atoms with Crippen LogP contribution in [0.25, 0.3) is 10.8 Å². The summed E-state index contributed by atoms with van der Waals surface area (Å²) in [6.45, 7) is 0. The summed E-state index contributed by atoms with van der Waals surface area (Å²) in [5.41, 5.74) is 0.941. The second-order valence-corrected chi connectivity index (χ2v) is 5.03. The molecule has 4 rings (SSSR count). The normalized spacial score (nSPS) is 10.6. The topological polar surface area (TPSA) is 78.5 Å². The third kappa shape index (κ3) is 2.82. The second-order valence-electron chi connectivity index (χ2n) is 5.03. The van der Waals surface area contributed by atoms with E-state index in [1.54, 1.807) is 18.6 Å². The lowest BCUT2D eigenvalue weighted by Gasteiger charge is -2.12. The molecule has 0 radical (unpaired) electrons. The van der Waals surface area contributed by atoms with Gasteiger partial charge in [-0.25, -0.2) is 4.98 Å². The lowest BCUT2D eigenvalue weighted by Crippen LogP contribution is -2.00. The molecule has 0 aliphatic rings. The Labute approximate surface area is 132 Å². The summed E-state index contributed by atoms with van der Waals surface area (Å²) < 4.78 is 0. The number of anilines is 4. The number of fused-ring (bicyclic) bond motifs is 1. The number of nitrogens with zero attached hydrogens (tertiary/aromatic N) is 3. The molecule has 0 fully saturated rings. The SMILES string of the molecule is c1ccc2c(Nc3ccncc3)nc(Nc3ccn[nH]3)cc2c1. The number of pyridine rings is 2. The van der Waals surface area contributed by atoms with Gasteiger partial charge in [0.1, 0.15) is 17.5 Å². The van der Waals surface area contributed by atoms with E-state index in [2.05, 4.69) is 36.9 Å². The smallest absolute Gasteiger partial charge is 0.140 e. The van der Waals surface area contributed by atoms with Crippen LogP contribution in [-0.2, 0) is 0 Å². The molecule has 4 aromatic rings. The fraction of sp³-hybridized carbons (Fsp3) is 0. The minimum atomic E-state index is 0.740. The van der Waals surface area contributed by atoms with Crippen LogP contribution in [0.2, 0.25) is 0 Å². The molecular weight excluding hydrogens is 288 g/mol. The maximum absolute atomic E-state index is 4.68. The first kappa shape index (κ1) is 13.3. The van der Waals surface area contributed by atoms with Gasteiger partial charge in [0.2, 0.25) is 0 Å². The standard InChI is InChI=1S/C17H14N6/c1-2-4-14-12(3-1)11-16(21-15-7-10-19-23-15)22-17(14)20-13-5-8-18-9-6-13/h1-11H,(H3,18,19,20,21,22,23). The van der Waals surface area contributed by atoms with Crippen molar-refractivity contribution in [2.24, 2.45) is 0 Å². The summed E-state index contributed by atoms with van der Waals surface area (Å²) in [5.74, 6) is 2.32. The van der Waals surface area contributed by atoms with Crippen LogP contribution in [-0.4, -0.2) is 20.2 Å². The number of hydrogen-bond donors (Lipinski definition) is 3. The van der Waals surface area contributed by atoms with E-state index in [4.69, 9.17) is 0 Å². The van der Waals surface area contributed by atoms with E-state index in [1.807, 2.05) is 42.5 Å². The summed E-state index contributed by atoms with van der Waals surface area (Å²) in [6, 6.07) is 15.8. The van der Waals surface area contributed by atoms with Crippen LogP contribution in [0.5, 0.6) is 0 Å². The molecule has 3 heterocycles. The number of hydrogen-bond acceptors (Lipinski definition) is 5. The molecule has 23 heavy (non-hydrogen) atoms. The Kier molecular flexibility index (Phi) is 3.32. The van der Waals surface area contributed by atoms with Gasteiger partial charge >= 0.3 is 0 Å². The molecule has 0 spiro atoms. The van der Waals surface area contributed by atoms with Crippen LogP contribution in [0.4, 0.5) is 23.1 Å². The summed E-state index contributed by atoms with van der Waals surface area (Å²) in [4.78, 5) is 8.71. The minimum Gasteiger partial charge on any atom is -0.340 e. The molecule has 0 amide bonds. The molecule has 6 heteroatoms. The van der Waals surface area contributed by atoms with Crippen molar-refractivity contribution < 1.29 is 0 Å². The highest BCUT2D eigenvalue weighted by Crippen LogP contribution is 2.28. The van der Waals surface area contributed by atoms with Crippen molar-refractivity contribution in [1.82, 2.24) is 20.2 Å². The summed E-state index contributed by atoms with van der Waals surface area (Å²) in [6.07, 6.45) is 5.19. The zero-order chi connectivity index (χ0) is 15.5. The van der Waals surface area contributed by atoms with E-state index in [1.165, 1.54) is 0 Å². The Morgan fingerprint density at radius 3 is 2.57 bits per heavy atom. The average molecular weight is 302 g/mol. The van der Waals surface area contributed by atoms with Crippen molar-refractivity contribution in [3.8, 4) is 0 Å². The van der Waals surface area contributed by atoms with E-state index < -0.39 is 0 Å². The predicted molar refractivity (Wildman–Crippen MR) is 91.1 cm³/mol. The van der Waals surface area contributed by atoms with Crippen molar-refractivity contribution in [3.05, 3.63) is 67.1 Å². The average Bonchev–Trinajstić information content (AvgIpc) is 3.09. The number of benzene rings is 1. The van der Waals surface area contributed by atoms with Crippen LogP contribution in [0, 0.1) is 0 Å². The highest BCUT2D eigenvalue weighted by atomic mass is 15.2. The zero-order valence-electron chi connectivity index (χ0n) is 12.2. The van der Waals surface area contributed by atoms with E-state index >= 15 is 0 Å². The quantitative estimate of drug-likeness (QED) is 0.534. The van der Waals surface area contributed by atoms with Gasteiger partial charge in [0.25, 0.3) is 0 Å². The fourth-order valence-corrected chi connectivity index (χ4v) is 2.39. The van der Waals surface area contributed by atoms with Gasteiger partial charge in [-0.2, -0.15) is 5.10 Å². The van der Waals surface area contributed by atoms with Gasteiger partial charge in [0.15, 0.2) is 0 Å². The minimum absolute atomic E-state index is 0.740. The Balaban J connectivity index is 1.77. The van der Waals surface area contributed by atoms with Crippen LogP contribution < -0.4 is 10.6 Å². The molecule has 1 aromatic carbocycles. The first-order valence-electron chi connectivity index (χ1n) is 7.22. The van der Waals surface area contributed by atoms with Crippen molar-refractivity contribution >= 4 is 33.9 Å². The molecule has 0 saturated heterocycles. The molecular formula is C17H14N6. The van der Waals surface area contributed by atoms with Gasteiger partial charge in [0, 0.05) is 29.5 Å². The Bertz CT molecular complexity index is 918. The summed E-state index contributed by atoms with van der Waals surface area (Å²) >= 11 is 0. The molecule has 3 N–H and O–H groups in total. The van der Waals surface area contributed by atoms with Crippen molar-refractivity contribution in [2.45, 2.75) is 0 Å². The highest BCUT2D eigenvalue weighted by Gasteiger charge is 2.07. The van der Waals surface area contributed by atoms with Gasteiger partial charge in [0.05, 0.1) is 6.20 Å². The first-order chi connectivity index (χ1) is 11.4. The third-order valence-electron chi connectivity index (χ3n) is 3.45. The highest BCUT2D eigenvalue weighted by molar-refractivity contribution is 5.95. The molecule has 0 aliphatic carbocycles. The van der Waals surface area contributed by atoms with E-state index in [-0.39, 0.29) is 0 Å². The third-order valence-corrected chi connectivity index (χ3v) is 3.45. The maximum Gasteiger partial charge on any atom is 0.140 e. The lowest BCUT2D eigenvalue weighted by atomic mass is 10.1. The van der Waals surface area contributed by atoms with Crippen LogP contribution in [0.15, 0.2) is 67.1 Å². The molecule has 112 valence electrons. The van der Waals surface area contributed by atoms with Crippen LogP contribution in [0.3, 0.4) is 0 Å². The van der Waals surface area contributed by atoms with Crippen molar-refractivity contribution in [2.75, 3.05) is 10.6 Å². The zero-order valence-corrected chi connectivity index (χ0v) is 12.2. The lowest BCUT2D eigenvalue weighted by molar-refractivity contribution is 1.09. The molecule has 0 atom stereocenters. The van der Waals surface area contributed by atoms with E-state index in [0.717, 1.165) is 33.9 Å². The molecule has 0 bridgehead atoms. The van der Waals surface area contributed by atoms with Gasteiger partial charge < -0.3 is 10.6 Å². The molecule has 3 aromatic heterocycles. The molecule has 0 saturated carbocycles. The molecule has 0 unspecified atom stereocenters. The van der Waals surface area contributed by atoms with E-state index in [0.29, 0.717) is 0 Å².